The van der Waals surface area contributed by atoms with Crippen molar-refractivity contribution in [2.75, 3.05) is 13.6 Å². The molecule has 1 unspecified atom stereocenters. The van der Waals surface area contributed by atoms with Gasteiger partial charge in [-0.3, -0.25) is 14.4 Å². The molecule has 2 aromatic carbocycles. The molecule has 0 aliphatic carbocycles. The first kappa shape index (κ1) is 22.7. The van der Waals surface area contributed by atoms with Crippen LogP contribution in [0.4, 0.5) is 0 Å². The lowest BCUT2D eigenvalue weighted by atomic mass is 9.96. The van der Waals surface area contributed by atoms with Gasteiger partial charge in [0.05, 0.1) is 0 Å². The van der Waals surface area contributed by atoms with Gasteiger partial charge in [0.25, 0.3) is 0 Å². The topological polar surface area (TPSA) is 57.7 Å². The van der Waals surface area contributed by atoms with Gasteiger partial charge in [0, 0.05) is 25.6 Å². The Balaban J connectivity index is 1.72. The van der Waals surface area contributed by atoms with Crippen molar-refractivity contribution >= 4 is 18.1 Å². The summed E-state index contributed by atoms with van der Waals surface area (Å²) in [5.74, 6) is 0.0382. The summed E-state index contributed by atoms with van der Waals surface area (Å²) in [6.45, 7) is 4.63. The minimum atomic E-state index is -0.473. The van der Waals surface area contributed by atoms with Crippen LogP contribution >= 0.6 is 0 Å². The van der Waals surface area contributed by atoms with Gasteiger partial charge in [-0.25, -0.2) is 0 Å². The maximum Gasteiger partial charge on any atom is 0.246 e. The molecule has 0 N–H and O–H groups in total. The number of carbonyl (C=O) groups excluding carboxylic acids is 3. The number of nitrogens with zero attached hydrogens (tertiary/aromatic N) is 2. The van der Waals surface area contributed by atoms with E-state index >= 15 is 0 Å². The van der Waals surface area contributed by atoms with Gasteiger partial charge >= 0.3 is 0 Å². The second-order valence-corrected chi connectivity index (χ2v) is 8.38. The Morgan fingerprint density at radius 1 is 0.935 bits per heavy atom. The van der Waals surface area contributed by atoms with Crippen LogP contribution in [-0.4, -0.2) is 53.6 Å². The summed E-state index contributed by atoms with van der Waals surface area (Å²) in [6, 6.07) is 14.6. The van der Waals surface area contributed by atoms with Crippen molar-refractivity contribution in [1.82, 2.24) is 9.80 Å². The van der Waals surface area contributed by atoms with E-state index in [1.807, 2.05) is 49.4 Å². The monoisotopic (exact) mass is 420 g/mol. The van der Waals surface area contributed by atoms with Crippen LogP contribution in [-0.2, 0) is 16.0 Å². The predicted octanol–water partition coefficient (Wildman–Crippen LogP) is 4.35. The third-order valence-electron chi connectivity index (χ3n) is 6.20. The largest absolute Gasteiger partial charge is 0.332 e. The fourth-order valence-corrected chi connectivity index (χ4v) is 4.21. The van der Waals surface area contributed by atoms with E-state index in [9.17, 15) is 14.4 Å². The molecule has 0 spiro atoms. The molecule has 1 aliphatic heterocycles. The molecule has 31 heavy (non-hydrogen) atoms. The lowest BCUT2D eigenvalue weighted by Crippen LogP contribution is -2.63. The van der Waals surface area contributed by atoms with Gasteiger partial charge in [0.1, 0.15) is 18.4 Å². The molecule has 164 valence electrons. The smallest absolute Gasteiger partial charge is 0.246 e. The average Bonchev–Trinajstić information content (AvgIpc) is 2.80. The van der Waals surface area contributed by atoms with Gasteiger partial charge in [-0.05, 0) is 36.1 Å². The number of piperazine rings is 1. The first-order valence-corrected chi connectivity index (χ1v) is 11.2. The minimum absolute atomic E-state index is 0.00221. The predicted molar refractivity (Wildman–Crippen MR) is 123 cm³/mol. The molecule has 1 fully saturated rings. The van der Waals surface area contributed by atoms with Gasteiger partial charge in [-0.1, -0.05) is 68.7 Å². The highest BCUT2D eigenvalue weighted by Crippen LogP contribution is 2.24. The molecule has 5 nitrogen and oxygen atoms in total. The average molecular weight is 421 g/mol. The third kappa shape index (κ3) is 5.22. The normalized spacial score (nSPS) is 19.1. The molecule has 2 atom stereocenters. The molecule has 3 rings (SSSR count). The fraction of sp³-hybridized carbons (Fsp3) is 0.423. The highest BCUT2D eigenvalue weighted by molar-refractivity contribution is 5.96. The summed E-state index contributed by atoms with van der Waals surface area (Å²) in [5, 5.41) is 0. The molecule has 0 bridgehead atoms. The summed E-state index contributed by atoms with van der Waals surface area (Å²) < 4.78 is 0. The quantitative estimate of drug-likeness (QED) is 0.448. The Kier molecular flexibility index (Phi) is 7.61. The zero-order valence-electron chi connectivity index (χ0n) is 18.7. The molecular formula is C26H32N2O3. The van der Waals surface area contributed by atoms with Crippen molar-refractivity contribution in [3.05, 3.63) is 59.7 Å². The number of rotatable bonds is 9. The van der Waals surface area contributed by atoms with Gasteiger partial charge in [-0.15, -0.1) is 0 Å². The van der Waals surface area contributed by atoms with Crippen LogP contribution in [0.5, 0.6) is 0 Å². The van der Waals surface area contributed by atoms with E-state index in [0.29, 0.717) is 18.5 Å². The number of likely N-dealkylation sites (N-methyl/N-ethyl adjacent to an activating group) is 1. The lowest BCUT2D eigenvalue weighted by molar-refractivity contribution is -0.159. The Morgan fingerprint density at radius 3 is 2.35 bits per heavy atom. The van der Waals surface area contributed by atoms with Crippen LogP contribution in [0.1, 0.15) is 55.5 Å². The number of carbonyl (C=O) groups is 3. The van der Waals surface area contributed by atoms with Crippen LogP contribution in [0.2, 0.25) is 0 Å². The van der Waals surface area contributed by atoms with Crippen LogP contribution in [0.15, 0.2) is 48.5 Å². The van der Waals surface area contributed by atoms with Gasteiger partial charge < -0.3 is 9.80 Å². The van der Waals surface area contributed by atoms with Gasteiger partial charge in [-0.2, -0.15) is 0 Å². The third-order valence-corrected chi connectivity index (χ3v) is 6.20. The molecule has 2 amide bonds. The van der Waals surface area contributed by atoms with E-state index in [-0.39, 0.29) is 11.8 Å². The zero-order chi connectivity index (χ0) is 22.4. The van der Waals surface area contributed by atoms with E-state index in [4.69, 9.17) is 0 Å². The number of aldehydes is 1. The van der Waals surface area contributed by atoms with Crippen LogP contribution in [0, 0.1) is 0 Å². The summed E-state index contributed by atoms with van der Waals surface area (Å²) >= 11 is 0. The maximum absolute atomic E-state index is 13.2. The standard InChI is InChI=1S/C26H32N2O3/c1-4-5-6-7-15-28-19(2)25(30)27(3)24(26(28)31)17-20-11-13-22(14-12-20)23-10-8-9-21(16-23)18-29/h8-14,16,18-19,24H,4-7,15,17H2,1-3H3/t19-,24?/m0/s1. The van der Waals surface area contributed by atoms with E-state index in [1.54, 1.807) is 22.9 Å². The minimum Gasteiger partial charge on any atom is -0.332 e. The molecule has 0 saturated carbocycles. The summed E-state index contributed by atoms with van der Waals surface area (Å²) in [7, 11) is 1.73. The molecule has 0 aromatic heterocycles. The van der Waals surface area contributed by atoms with Gasteiger partial charge in [0.2, 0.25) is 11.8 Å². The lowest BCUT2D eigenvalue weighted by Gasteiger charge is -2.42. The van der Waals surface area contributed by atoms with Crippen molar-refractivity contribution in [3.8, 4) is 11.1 Å². The summed E-state index contributed by atoms with van der Waals surface area (Å²) in [5.41, 5.74) is 3.64. The summed E-state index contributed by atoms with van der Waals surface area (Å²) in [4.78, 5) is 40.4. The fourth-order valence-electron chi connectivity index (χ4n) is 4.21. The zero-order valence-corrected chi connectivity index (χ0v) is 18.7. The second-order valence-electron chi connectivity index (χ2n) is 8.38. The SMILES string of the molecule is CCCCCCN1C(=O)C(Cc2ccc(-c3cccc(C=O)c3)cc2)N(C)C(=O)[C@@H]1C. The van der Waals surface area contributed by atoms with Crippen molar-refractivity contribution in [3.63, 3.8) is 0 Å². The summed E-state index contributed by atoms with van der Waals surface area (Å²) in [6.07, 6.45) is 5.64. The van der Waals surface area contributed by atoms with Crippen molar-refractivity contribution in [2.24, 2.45) is 0 Å². The first-order valence-electron chi connectivity index (χ1n) is 11.2. The number of hydrogen-bond donors (Lipinski definition) is 0. The second kappa shape index (κ2) is 10.4. The molecule has 2 aromatic rings. The highest BCUT2D eigenvalue weighted by Gasteiger charge is 2.41. The Labute approximate surface area is 185 Å². The molecule has 5 heteroatoms. The van der Waals surface area contributed by atoms with Crippen molar-refractivity contribution in [2.45, 2.75) is 58.0 Å². The van der Waals surface area contributed by atoms with Crippen LogP contribution in [0.25, 0.3) is 11.1 Å². The molecular weight excluding hydrogens is 388 g/mol. The highest BCUT2D eigenvalue weighted by atomic mass is 16.2. The molecule has 0 radical (unpaired) electrons. The molecule has 1 aliphatic rings. The molecule has 1 saturated heterocycles. The van der Waals surface area contributed by atoms with E-state index in [1.165, 1.54) is 0 Å². The van der Waals surface area contributed by atoms with Crippen molar-refractivity contribution < 1.29 is 14.4 Å². The Bertz CT molecular complexity index is 923. The number of benzene rings is 2. The van der Waals surface area contributed by atoms with Crippen LogP contribution < -0.4 is 0 Å². The van der Waals surface area contributed by atoms with Crippen LogP contribution in [0.3, 0.4) is 0 Å². The first-order chi connectivity index (χ1) is 15.0. The number of hydrogen-bond acceptors (Lipinski definition) is 3. The van der Waals surface area contributed by atoms with E-state index < -0.39 is 12.1 Å². The Hall–Kier alpha value is -2.95. The van der Waals surface area contributed by atoms with Crippen molar-refractivity contribution in [1.29, 1.82) is 0 Å². The molecule has 1 heterocycles. The van der Waals surface area contributed by atoms with E-state index in [2.05, 4.69) is 6.92 Å². The Morgan fingerprint density at radius 2 is 1.68 bits per heavy atom. The maximum atomic E-state index is 13.2. The van der Waals surface area contributed by atoms with E-state index in [0.717, 1.165) is 48.7 Å². The van der Waals surface area contributed by atoms with Gasteiger partial charge in [0.15, 0.2) is 0 Å². The number of amides is 2. The number of unbranched alkanes of at least 4 members (excludes halogenated alkanes) is 3.